The van der Waals surface area contributed by atoms with Crippen LogP contribution in [0.5, 0.6) is 5.75 Å². The highest BCUT2D eigenvalue weighted by molar-refractivity contribution is 5.43. The van der Waals surface area contributed by atoms with Gasteiger partial charge in [0.1, 0.15) is 5.75 Å². The molecule has 1 aliphatic carbocycles. The lowest BCUT2D eigenvalue weighted by Crippen LogP contribution is -2.55. The fourth-order valence-electron chi connectivity index (χ4n) is 2.27. The Morgan fingerprint density at radius 2 is 1.94 bits per heavy atom. The molecule has 0 atom stereocenters. The van der Waals surface area contributed by atoms with Gasteiger partial charge in [-0.3, -0.25) is 0 Å². The Kier molecular flexibility index (Phi) is 2.42. The Balaban J connectivity index is 2.37. The molecule has 0 heterocycles. The van der Waals surface area contributed by atoms with Crippen LogP contribution in [0.1, 0.15) is 24.0 Å². The number of nitrogens with two attached hydrogens (primary N) is 1. The van der Waals surface area contributed by atoms with Gasteiger partial charge in [0.25, 0.3) is 5.92 Å². The smallest absolute Gasteiger partial charge is 0.252 e. The van der Waals surface area contributed by atoms with Crippen LogP contribution in [0.4, 0.5) is 8.78 Å². The first kappa shape index (κ1) is 11.3. The lowest BCUT2D eigenvalue weighted by molar-refractivity contribution is -0.125. The number of hydrogen-bond donors (Lipinski definition) is 1. The van der Waals surface area contributed by atoms with Gasteiger partial charge < -0.3 is 10.5 Å². The van der Waals surface area contributed by atoms with E-state index >= 15 is 0 Å². The maximum absolute atomic E-state index is 12.9. The van der Waals surface area contributed by atoms with Crippen molar-refractivity contribution >= 4 is 0 Å². The zero-order valence-corrected chi connectivity index (χ0v) is 9.39. The molecule has 1 aromatic carbocycles. The van der Waals surface area contributed by atoms with Crippen LogP contribution in [-0.4, -0.2) is 13.0 Å². The van der Waals surface area contributed by atoms with Crippen LogP contribution >= 0.6 is 0 Å². The molecule has 1 saturated carbocycles. The van der Waals surface area contributed by atoms with Crippen LogP contribution in [0.15, 0.2) is 18.2 Å². The summed E-state index contributed by atoms with van der Waals surface area (Å²) >= 11 is 0. The summed E-state index contributed by atoms with van der Waals surface area (Å²) in [6.07, 6.45) is -0.611. The second kappa shape index (κ2) is 3.42. The van der Waals surface area contributed by atoms with Crippen molar-refractivity contribution in [2.45, 2.75) is 31.2 Å². The number of hydrogen-bond acceptors (Lipinski definition) is 2. The minimum Gasteiger partial charge on any atom is -0.496 e. The molecule has 88 valence electrons. The number of methoxy groups -OCH3 is 1. The monoisotopic (exact) mass is 227 g/mol. The van der Waals surface area contributed by atoms with Gasteiger partial charge in [0, 0.05) is 18.4 Å². The lowest BCUT2D eigenvalue weighted by atomic mass is 9.69. The highest BCUT2D eigenvalue weighted by atomic mass is 19.3. The summed E-state index contributed by atoms with van der Waals surface area (Å²) in [4.78, 5) is 0. The molecule has 1 aliphatic rings. The molecule has 0 spiro atoms. The predicted molar refractivity (Wildman–Crippen MR) is 57.8 cm³/mol. The van der Waals surface area contributed by atoms with Gasteiger partial charge in [-0.2, -0.15) is 0 Å². The first-order valence-electron chi connectivity index (χ1n) is 5.18. The van der Waals surface area contributed by atoms with Gasteiger partial charge >= 0.3 is 0 Å². The van der Waals surface area contributed by atoms with E-state index < -0.39 is 11.5 Å². The van der Waals surface area contributed by atoms with Crippen LogP contribution in [0.2, 0.25) is 0 Å². The number of rotatable bonds is 2. The van der Waals surface area contributed by atoms with Crippen LogP contribution in [0.3, 0.4) is 0 Å². The van der Waals surface area contributed by atoms with E-state index in [0.29, 0.717) is 11.3 Å². The maximum Gasteiger partial charge on any atom is 0.252 e. The third-order valence-electron chi connectivity index (χ3n) is 3.04. The van der Waals surface area contributed by atoms with Crippen molar-refractivity contribution < 1.29 is 13.5 Å². The zero-order chi connectivity index (χ0) is 12.0. The number of aryl methyl sites for hydroxylation is 1. The third-order valence-corrected chi connectivity index (χ3v) is 3.04. The predicted octanol–water partition coefficient (Wildman–Crippen LogP) is 2.59. The SMILES string of the molecule is COc1ccc(C)cc1C1(N)CC(F)(F)C1. The lowest BCUT2D eigenvalue weighted by Gasteiger charge is -2.45. The molecule has 0 aliphatic heterocycles. The molecular weight excluding hydrogens is 212 g/mol. The zero-order valence-electron chi connectivity index (χ0n) is 9.39. The van der Waals surface area contributed by atoms with Crippen molar-refractivity contribution in [1.29, 1.82) is 0 Å². The van der Waals surface area contributed by atoms with Crippen molar-refractivity contribution in [3.05, 3.63) is 29.3 Å². The van der Waals surface area contributed by atoms with Gasteiger partial charge in [-0.05, 0) is 13.0 Å². The number of benzene rings is 1. The third kappa shape index (κ3) is 1.78. The van der Waals surface area contributed by atoms with Crippen LogP contribution in [0.25, 0.3) is 0 Å². The van der Waals surface area contributed by atoms with Gasteiger partial charge in [0.2, 0.25) is 0 Å². The summed E-state index contributed by atoms with van der Waals surface area (Å²) in [6.45, 7) is 1.91. The Morgan fingerprint density at radius 1 is 1.31 bits per heavy atom. The molecule has 1 aromatic rings. The molecule has 2 nitrogen and oxygen atoms in total. The second-order valence-electron chi connectivity index (χ2n) is 4.57. The number of halogens is 2. The van der Waals surface area contributed by atoms with E-state index in [2.05, 4.69) is 0 Å². The van der Waals surface area contributed by atoms with Crippen LogP contribution in [0, 0.1) is 6.92 Å². The Morgan fingerprint density at radius 3 is 2.44 bits per heavy atom. The van der Waals surface area contributed by atoms with Gasteiger partial charge in [-0.15, -0.1) is 0 Å². The summed E-state index contributed by atoms with van der Waals surface area (Å²) in [5.74, 6) is -2.05. The number of alkyl halides is 2. The van der Waals surface area contributed by atoms with Gasteiger partial charge in [-0.25, -0.2) is 8.78 Å². The van der Waals surface area contributed by atoms with Crippen molar-refractivity contribution in [2.24, 2.45) is 5.73 Å². The molecular formula is C12H15F2NO. The molecule has 16 heavy (non-hydrogen) atoms. The molecule has 0 aromatic heterocycles. The van der Waals surface area contributed by atoms with E-state index in [1.54, 1.807) is 6.07 Å². The minimum atomic E-state index is -2.64. The fourth-order valence-corrected chi connectivity index (χ4v) is 2.27. The first-order chi connectivity index (χ1) is 7.36. The van der Waals surface area contributed by atoms with Crippen molar-refractivity contribution in [1.82, 2.24) is 0 Å². The molecule has 2 rings (SSSR count). The molecule has 0 bridgehead atoms. The van der Waals surface area contributed by atoms with Crippen LogP contribution < -0.4 is 10.5 Å². The summed E-state index contributed by atoms with van der Waals surface area (Å²) in [5, 5.41) is 0. The largest absolute Gasteiger partial charge is 0.496 e. The van der Waals surface area contributed by atoms with Crippen molar-refractivity contribution in [2.75, 3.05) is 7.11 Å². The molecule has 0 saturated heterocycles. The van der Waals surface area contributed by atoms with Crippen LogP contribution in [-0.2, 0) is 5.54 Å². The first-order valence-corrected chi connectivity index (χ1v) is 5.18. The Bertz CT molecular complexity index is 409. The highest BCUT2D eigenvalue weighted by Gasteiger charge is 2.56. The second-order valence-corrected chi connectivity index (χ2v) is 4.57. The molecule has 2 N–H and O–H groups in total. The molecule has 0 unspecified atom stereocenters. The quantitative estimate of drug-likeness (QED) is 0.842. The fraction of sp³-hybridized carbons (Fsp3) is 0.500. The van der Waals surface area contributed by atoms with E-state index in [1.165, 1.54) is 7.11 Å². The van der Waals surface area contributed by atoms with E-state index in [9.17, 15) is 8.78 Å². The highest BCUT2D eigenvalue weighted by Crippen LogP contribution is 2.51. The number of ether oxygens (including phenoxy) is 1. The summed E-state index contributed by atoms with van der Waals surface area (Å²) in [7, 11) is 1.52. The van der Waals surface area contributed by atoms with Gasteiger partial charge in [-0.1, -0.05) is 17.7 Å². The van der Waals surface area contributed by atoms with E-state index in [-0.39, 0.29) is 12.8 Å². The Hall–Kier alpha value is -1.16. The summed E-state index contributed by atoms with van der Waals surface area (Å²) in [5.41, 5.74) is 6.72. The molecule has 0 amide bonds. The van der Waals surface area contributed by atoms with Crippen molar-refractivity contribution in [3.63, 3.8) is 0 Å². The minimum absolute atomic E-state index is 0.306. The summed E-state index contributed by atoms with van der Waals surface area (Å²) < 4.78 is 31.0. The van der Waals surface area contributed by atoms with Crippen molar-refractivity contribution in [3.8, 4) is 5.75 Å². The average Bonchev–Trinajstić information content (AvgIpc) is 2.14. The molecule has 0 radical (unpaired) electrons. The van der Waals surface area contributed by atoms with Gasteiger partial charge in [0.05, 0.1) is 12.6 Å². The molecule has 4 heteroatoms. The summed E-state index contributed by atoms with van der Waals surface area (Å²) in [6, 6.07) is 5.48. The van der Waals surface area contributed by atoms with Gasteiger partial charge in [0.15, 0.2) is 0 Å². The normalized spacial score (nSPS) is 21.3. The van der Waals surface area contributed by atoms with E-state index in [1.807, 2.05) is 19.1 Å². The topological polar surface area (TPSA) is 35.2 Å². The van der Waals surface area contributed by atoms with E-state index in [4.69, 9.17) is 10.5 Å². The standard InChI is InChI=1S/C12H15F2NO/c1-8-3-4-10(16-2)9(5-8)11(15)6-12(13,14)7-11/h3-5H,6-7,15H2,1-2H3. The Labute approximate surface area is 93.4 Å². The maximum atomic E-state index is 12.9. The molecule has 1 fully saturated rings. The average molecular weight is 227 g/mol. The van der Waals surface area contributed by atoms with E-state index in [0.717, 1.165) is 5.56 Å².